The number of hydrogen-bond donors (Lipinski definition) is 2. The van der Waals surface area contributed by atoms with E-state index < -0.39 is 0 Å². The Morgan fingerprint density at radius 1 is 1.45 bits per heavy atom. The highest BCUT2D eigenvalue weighted by atomic mass is 16.2. The molecule has 2 rings (SSSR count). The van der Waals surface area contributed by atoms with Gasteiger partial charge in [-0.25, -0.2) is 14.8 Å². The largest absolute Gasteiger partial charge is 0.356 e. The van der Waals surface area contributed by atoms with Crippen LogP contribution in [0.5, 0.6) is 0 Å². The Kier molecular flexibility index (Phi) is 5.68. The van der Waals surface area contributed by atoms with E-state index in [2.05, 4.69) is 20.6 Å². The fourth-order valence-corrected chi connectivity index (χ4v) is 2.42. The highest BCUT2D eigenvalue weighted by molar-refractivity contribution is 5.88. The van der Waals surface area contributed by atoms with Gasteiger partial charge in [-0.15, -0.1) is 0 Å². The van der Waals surface area contributed by atoms with Gasteiger partial charge in [0.2, 0.25) is 5.91 Å². The monoisotopic (exact) mass is 305 g/mol. The fraction of sp³-hybridized carbons (Fsp3) is 0.600. The molecule has 22 heavy (non-hydrogen) atoms. The average molecular weight is 305 g/mol. The molecule has 1 atom stereocenters. The van der Waals surface area contributed by atoms with Crippen LogP contribution in [0.3, 0.4) is 0 Å². The number of piperidine rings is 1. The summed E-state index contributed by atoms with van der Waals surface area (Å²) < 4.78 is 0. The maximum absolute atomic E-state index is 12.2. The number of rotatable bonds is 4. The van der Waals surface area contributed by atoms with Gasteiger partial charge in [-0.3, -0.25) is 10.1 Å². The molecule has 1 aliphatic rings. The van der Waals surface area contributed by atoms with Gasteiger partial charge in [0, 0.05) is 31.7 Å². The molecule has 120 valence electrons. The van der Waals surface area contributed by atoms with Crippen molar-refractivity contribution < 1.29 is 9.59 Å². The fourth-order valence-electron chi connectivity index (χ4n) is 2.42. The van der Waals surface area contributed by atoms with Crippen molar-refractivity contribution in [2.45, 2.75) is 26.7 Å². The molecule has 2 heterocycles. The van der Waals surface area contributed by atoms with E-state index in [0.717, 1.165) is 19.4 Å². The molecular formula is C15H23N5O2. The molecular weight excluding hydrogens is 282 g/mol. The summed E-state index contributed by atoms with van der Waals surface area (Å²) in [4.78, 5) is 33.4. The van der Waals surface area contributed by atoms with Gasteiger partial charge < -0.3 is 10.2 Å². The number of nitrogens with one attached hydrogen (secondary N) is 2. The van der Waals surface area contributed by atoms with Gasteiger partial charge in [0.1, 0.15) is 12.1 Å². The smallest absolute Gasteiger partial charge is 0.323 e. The van der Waals surface area contributed by atoms with Crippen LogP contribution in [-0.4, -0.2) is 46.4 Å². The van der Waals surface area contributed by atoms with Crippen LogP contribution in [0.15, 0.2) is 18.6 Å². The lowest BCUT2D eigenvalue weighted by molar-refractivity contribution is -0.124. The first-order valence-corrected chi connectivity index (χ1v) is 7.66. The van der Waals surface area contributed by atoms with Crippen molar-refractivity contribution in [2.75, 3.05) is 25.0 Å². The SMILES string of the molecule is CC(C)C(=O)NCC1CCCN(C(=O)Nc2ccncn2)C1. The maximum atomic E-state index is 12.2. The molecule has 1 unspecified atom stereocenters. The first-order valence-electron chi connectivity index (χ1n) is 7.66. The van der Waals surface area contributed by atoms with E-state index in [1.165, 1.54) is 6.33 Å². The molecule has 1 fully saturated rings. The van der Waals surface area contributed by atoms with Crippen molar-refractivity contribution in [1.29, 1.82) is 0 Å². The van der Waals surface area contributed by atoms with Crippen LogP contribution in [0, 0.1) is 11.8 Å². The van der Waals surface area contributed by atoms with E-state index in [9.17, 15) is 9.59 Å². The van der Waals surface area contributed by atoms with E-state index >= 15 is 0 Å². The number of carbonyl (C=O) groups excluding carboxylic acids is 2. The Balaban J connectivity index is 1.82. The van der Waals surface area contributed by atoms with Gasteiger partial charge in [0.05, 0.1) is 0 Å². The number of hydrogen-bond acceptors (Lipinski definition) is 4. The predicted octanol–water partition coefficient (Wildman–Crippen LogP) is 1.49. The van der Waals surface area contributed by atoms with Gasteiger partial charge in [-0.1, -0.05) is 13.8 Å². The third kappa shape index (κ3) is 4.68. The molecule has 1 saturated heterocycles. The van der Waals surface area contributed by atoms with Crippen molar-refractivity contribution in [2.24, 2.45) is 11.8 Å². The molecule has 0 bridgehead atoms. The maximum Gasteiger partial charge on any atom is 0.323 e. The van der Waals surface area contributed by atoms with E-state index in [1.54, 1.807) is 17.2 Å². The first kappa shape index (κ1) is 16.2. The Morgan fingerprint density at radius 2 is 2.27 bits per heavy atom. The quantitative estimate of drug-likeness (QED) is 0.882. The van der Waals surface area contributed by atoms with Crippen LogP contribution < -0.4 is 10.6 Å². The van der Waals surface area contributed by atoms with Crippen molar-refractivity contribution in [3.8, 4) is 0 Å². The molecule has 0 aromatic carbocycles. The second kappa shape index (κ2) is 7.72. The molecule has 7 heteroatoms. The Bertz CT molecular complexity index is 506. The zero-order chi connectivity index (χ0) is 15.9. The number of carbonyl (C=O) groups is 2. The summed E-state index contributed by atoms with van der Waals surface area (Å²) in [5.74, 6) is 0.839. The van der Waals surface area contributed by atoms with Crippen molar-refractivity contribution in [3.05, 3.63) is 18.6 Å². The van der Waals surface area contributed by atoms with Crippen LogP contribution in [0.1, 0.15) is 26.7 Å². The van der Waals surface area contributed by atoms with Gasteiger partial charge in [-0.05, 0) is 24.8 Å². The third-order valence-electron chi connectivity index (χ3n) is 3.71. The van der Waals surface area contributed by atoms with Crippen molar-refractivity contribution >= 4 is 17.8 Å². The number of amides is 3. The summed E-state index contributed by atoms with van der Waals surface area (Å²) in [5.41, 5.74) is 0. The Morgan fingerprint density at radius 3 is 2.95 bits per heavy atom. The second-order valence-electron chi connectivity index (χ2n) is 5.88. The normalized spacial score (nSPS) is 18.1. The molecule has 1 aromatic heterocycles. The van der Waals surface area contributed by atoms with Gasteiger partial charge in [-0.2, -0.15) is 0 Å². The van der Waals surface area contributed by atoms with Crippen LogP contribution in [-0.2, 0) is 4.79 Å². The summed E-state index contributed by atoms with van der Waals surface area (Å²) in [5, 5.41) is 5.71. The summed E-state index contributed by atoms with van der Waals surface area (Å²) in [7, 11) is 0. The molecule has 0 radical (unpaired) electrons. The predicted molar refractivity (Wildman–Crippen MR) is 83.2 cm³/mol. The molecule has 2 N–H and O–H groups in total. The van der Waals surface area contributed by atoms with Gasteiger partial charge in [0.15, 0.2) is 0 Å². The van der Waals surface area contributed by atoms with Gasteiger partial charge >= 0.3 is 6.03 Å². The van der Waals surface area contributed by atoms with Crippen LogP contribution >= 0.6 is 0 Å². The molecule has 1 aromatic rings. The van der Waals surface area contributed by atoms with Crippen molar-refractivity contribution in [1.82, 2.24) is 20.2 Å². The molecule has 0 saturated carbocycles. The summed E-state index contributed by atoms with van der Waals surface area (Å²) in [6.07, 6.45) is 4.95. The lowest BCUT2D eigenvalue weighted by atomic mass is 9.98. The standard InChI is InChI=1S/C15H23N5O2/c1-11(2)14(21)17-8-12-4-3-7-20(9-12)15(22)19-13-5-6-16-10-18-13/h5-6,10-12H,3-4,7-9H2,1-2H3,(H,17,21)(H,16,18,19,22). The molecule has 7 nitrogen and oxygen atoms in total. The average Bonchev–Trinajstić information content (AvgIpc) is 2.53. The zero-order valence-electron chi connectivity index (χ0n) is 13.1. The number of urea groups is 1. The topological polar surface area (TPSA) is 87.2 Å². The minimum atomic E-state index is -0.154. The number of likely N-dealkylation sites (tertiary alicyclic amines) is 1. The Labute approximate surface area is 130 Å². The highest BCUT2D eigenvalue weighted by Gasteiger charge is 2.24. The first-order chi connectivity index (χ1) is 10.6. The molecule has 3 amide bonds. The van der Waals surface area contributed by atoms with Crippen LogP contribution in [0.4, 0.5) is 10.6 Å². The molecule has 0 spiro atoms. The summed E-state index contributed by atoms with van der Waals surface area (Å²) in [6.45, 7) is 5.74. The van der Waals surface area contributed by atoms with E-state index in [0.29, 0.717) is 24.8 Å². The van der Waals surface area contributed by atoms with E-state index in [1.807, 2.05) is 13.8 Å². The third-order valence-corrected chi connectivity index (χ3v) is 3.71. The van der Waals surface area contributed by atoms with Crippen LogP contribution in [0.25, 0.3) is 0 Å². The van der Waals surface area contributed by atoms with Crippen LogP contribution in [0.2, 0.25) is 0 Å². The molecule has 0 aliphatic carbocycles. The van der Waals surface area contributed by atoms with Gasteiger partial charge in [0.25, 0.3) is 0 Å². The number of aromatic nitrogens is 2. The second-order valence-corrected chi connectivity index (χ2v) is 5.88. The summed E-state index contributed by atoms with van der Waals surface area (Å²) in [6, 6.07) is 1.50. The van der Waals surface area contributed by atoms with Crippen molar-refractivity contribution in [3.63, 3.8) is 0 Å². The number of anilines is 1. The minimum absolute atomic E-state index is 0.0132. The molecule has 1 aliphatic heterocycles. The lowest BCUT2D eigenvalue weighted by Gasteiger charge is -2.32. The number of nitrogens with zero attached hydrogens (tertiary/aromatic N) is 3. The van der Waals surface area contributed by atoms with E-state index in [-0.39, 0.29) is 17.9 Å². The minimum Gasteiger partial charge on any atom is -0.356 e. The Hall–Kier alpha value is -2.18. The van der Waals surface area contributed by atoms with E-state index in [4.69, 9.17) is 0 Å². The lowest BCUT2D eigenvalue weighted by Crippen LogP contribution is -2.45. The highest BCUT2D eigenvalue weighted by Crippen LogP contribution is 2.17. The summed E-state index contributed by atoms with van der Waals surface area (Å²) >= 11 is 0. The zero-order valence-corrected chi connectivity index (χ0v) is 13.1.